The molecule has 1 fully saturated rings. The number of hydrogen-bond acceptors (Lipinski definition) is 1. The maximum Gasteiger partial charge on any atom is 0.255 e. The number of nitrogens with zero attached hydrogens (tertiary/aromatic N) is 1. The van der Waals surface area contributed by atoms with E-state index in [-0.39, 0.29) is 6.61 Å². The smallest absolute Gasteiger partial charge is 0.255 e. The molecule has 1 rings (SSSR count). The van der Waals surface area contributed by atoms with Crippen LogP contribution in [0.1, 0.15) is 32.1 Å². The molecule has 0 heterocycles. The van der Waals surface area contributed by atoms with Crippen molar-refractivity contribution in [2.45, 2.75) is 37.6 Å². The summed E-state index contributed by atoms with van der Waals surface area (Å²) in [5, 5.41) is 8.93. The second-order valence-electron chi connectivity index (χ2n) is 3.05. The SMILES string of the molecule is [C-]#[N+]C1(CO)CCCCC1. The minimum atomic E-state index is -0.391. The maximum absolute atomic E-state index is 8.93. The Morgan fingerprint density at radius 2 is 1.90 bits per heavy atom. The van der Waals surface area contributed by atoms with Crippen LogP contribution >= 0.6 is 0 Å². The standard InChI is InChI=1S/C8H13NO/c1-9-8(7-10)5-3-2-4-6-8/h10H,2-7H2. The average Bonchev–Trinajstić information content (AvgIpc) is 2.06. The second-order valence-corrected chi connectivity index (χ2v) is 3.05. The van der Waals surface area contributed by atoms with Gasteiger partial charge in [-0.25, -0.2) is 6.57 Å². The van der Waals surface area contributed by atoms with E-state index >= 15 is 0 Å². The third-order valence-electron chi connectivity index (χ3n) is 2.32. The molecule has 0 radical (unpaired) electrons. The normalized spacial score (nSPS) is 23.6. The molecule has 1 aliphatic carbocycles. The van der Waals surface area contributed by atoms with Gasteiger partial charge in [-0.1, -0.05) is 6.42 Å². The molecular weight excluding hydrogens is 126 g/mol. The Hall–Kier alpha value is -0.550. The van der Waals surface area contributed by atoms with E-state index in [9.17, 15) is 0 Å². The van der Waals surface area contributed by atoms with Crippen LogP contribution in [0.3, 0.4) is 0 Å². The van der Waals surface area contributed by atoms with Gasteiger partial charge in [0.15, 0.2) is 0 Å². The highest BCUT2D eigenvalue weighted by Crippen LogP contribution is 2.30. The Labute approximate surface area is 61.7 Å². The summed E-state index contributed by atoms with van der Waals surface area (Å²) in [5.74, 6) is 0. The van der Waals surface area contributed by atoms with Crippen LogP contribution in [0.2, 0.25) is 0 Å². The van der Waals surface area contributed by atoms with Crippen LogP contribution < -0.4 is 0 Å². The molecule has 0 saturated heterocycles. The molecule has 56 valence electrons. The Morgan fingerprint density at radius 1 is 1.30 bits per heavy atom. The minimum absolute atomic E-state index is 0.0521. The number of rotatable bonds is 1. The molecule has 0 spiro atoms. The highest BCUT2D eigenvalue weighted by Gasteiger charge is 2.36. The Bertz CT molecular complexity index is 142. The molecule has 0 unspecified atom stereocenters. The van der Waals surface area contributed by atoms with Gasteiger partial charge in [-0.2, -0.15) is 0 Å². The summed E-state index contributed by atoms with van der Waals surface area (Å²) in [6.45, 7) is 6.96. The largest absolute Gasteiger partial charge is 0.388 e. The van der Waals surface area contributed by atoms with Crippen LogP contribution in [-0.2, 0) is 0 Å². The molecule has 0 aromatic rings. The van der Waals surface area contributed by atoms with Crippen LogP contribution in [0.5, 0.6) is 0 Å². The molecule has 0 amide bonds. The van der Waals surface area contributed by atoms with Crippen molar-refractivity contribution >= 4 is 0 Å². The van der Waals surface area contributed by atoms with Gasteiger partial charge >= 0.3 is 0 Å². The fraction of sp³-hybridized carbons (Fsp3) is 0.875. The second kappa shape index (κ2) is 3.03. The van der Waals surface area contributed by atoms with Gasteiger partial charge in [0.25, 0.3) is 5.54 Å². The molecule has 2 heteroatoms. The number of aliphatic hydroxyl groups is 1. The monoisotopic (exact) mass is 139 g/mol. The molecule has 0 bridgehead atoms. The maximum atomic E-state index is 8.93. The lowest BCUT2D eigenvalue weighted by Crippen LogP contribution is -2.31. The van der Waals surface area contributed by atoms with Gasteiger partial charge in [-0.05, 0) is 12.8 Å². The topological polar surface area (TPSA) is 24.6 Å². The molecule has 1 saturated carbocycles. The minimum Gasteiger partial charge on any atom is -0.388 e. The van der Waals surface area contributed by atoms with Crippen LogP contribution in [0, 0.1) is 6.57 Å². The molecule has 0 aromatic carbocycles. The van der Waals surface area contributed by atoms with Crippen molar-refractivity contribution in [3.05, 3.63) is 11.4 Å². The Kier molecular flexibility index (Phi) is 2.29. The van der Waals surface area contributed by atoms with Gasteiger partial charge in [0.2, 0.25) is 0 Å². The zero-order chi connectivity index (χ0) is 7.45. The van der Waals surface area contributed by atoms with Crippen LogP contribution in [-0.4, -0.2) is 17.3 Å². The summed E-state index contributed by atoms with van der Waals surface area (Å²) >= 11 is 0. The van der Waals surface area contributed by atoms with E-state index in [0.29, 0.717) is 0 Å². The van der Waals surface area contributed by atoms with Gasteiger partial charge in [0.1, 0.15) is 6.61 Å². The predicted molar refractivity (Wildman–Crippen MR) is 39.5 cm³/mol. The predicted octanol–water partition coefficient (Wildman–Crippen LogP) is 1.60. The van der Waals surface area contributed by atoms with Crippen molar-refractivity contribution in [2.75, 3.05) is 6.61 Å². The van der Waals surface area contributed by atoms with Crippen molar-refractivity contribution in [1.82, 2.24) is 0 Å². The molecule has 2 nitrogen and oxygen atoms in total. The average molecular weight is 139 g/mol. The van der Waals surface area contributed by atoms with Gasteiger partial charge in [-0.15, -0.1) is 0 Å². The van der Waals surface area contributed by atoms with E-state index in [0.717, 1.165) is 25.7 Å². The third-order valence-corrected chi connectivity index (χ3v) is 2.32. The van der Waals surface area contributed by atoms with Crippen molar-refractivity contribution in [2.24, 2.45) is 0 Å². The first-order chi connectivity index (χ1) is 4.83. The first-order valence-corrected chi connectivity index (χ1v) is 3.82. The van der Waals surface area contributed by atoms with E-state index in [1.54, 1.807) is 0 Å². The van der Waals surface area contributed by atoms with Crippen molar-refractivity contribution in [3.8, 4) is 0 Å². The van der Waals surface area contributed by atoms with Gasteiger partial charge in [-0.3, -0.25) is 0 Å². The zero-order valence-electron chi connectivity index (χ0n) is 6.14. The molecule has 10 heavy (non-hydrogen) atoms. The number of hydrogen-bond donors (Lipinski definition) is 1. The molecule has 0 aliphatic heterocycles. The van der Waals surface area contributed by atoms with Crippen molar-refractivity contribution in [1.29, 1.82) is 0 Å². The van der Waals surface area contributed by atoms with E-state index in [1.807, 2.05) is 0 Å². The third kappa shape index (κ3) is 1.30. The van der Waals surface area contributed by atoms with Gasteiger partial charge in [0, 0.05) is 12.8 Å². The van der Waals surface area contributed by atoms with Crippen molar-refractivity contribution < 1.29 is 5.11 Å². The lowest BCUT2D eigenvalue weighted by atomic mass is 9.83. The van der Waals surface area contributed by atoms with Crippen LogP contribution in [0.25, 0.3) is 4.85 Å². The summed E-state index contributed by atoms with van der Waals surface area (Å²) in [6, 6.07) is 0. The summed E-state index contributed by atoms with van der Waals surface area (Å²) in [4.78, 5) is 3.50. The highest BCUT2D eigenvalue weighted by molar-refractivity contribution is 4.99. The highest BCUT2D eigenvalue weighted by atomic mass is 16.3. The molecule has 0 aromatic heterocycles. The van der Waals surface area contributed by atoms with E-state index in [1.165, 1.54) is 6.42 Å². The van der Waals surface area contributed by atoms with E-state index in [2.05, 4.69) is 4.85 Å². The first-order valence-electron chi connectivity index (χ1n) is 3.82. The van der Waals surface area contributed by atoms with E-state index < -0.39 is 5.54 Å². The Balaban J connectivity index is 2.55. The lowest BCUT2D eigenvalue weighted by molar-refractivity contribution is 0.185. The molecular formula is C8H13NO. The molecule has 1 aliphatic rings. The summed E-state index contributed by atoms with van der Waals surface area (Å²) in [5.41, 5.74) is -0.391. The zero-order valence-corrected chi connectivity index (χ0v) is 6.14. The summed E-state index contributed by atoms with van der Waals surface area (Å²) in [6.07, 6.45) is 5.25. The van der Waals surface area contributed by atoms with Gasteiger partial charge in [0.05, 0.1) is 0 Å². The summed E-state index contributed by atoms with van der Waals surface area (Å²) in [7, 11) is 0. The fourth-order valence-electron chi connectivity index (χ4n) is 1.52. The summed E-state index contributed by atoms with van der Waals surface area (Å²) < 4.78 is 0. The molecule has 0 atom stereocenters. The van der Waals surface area contributed by atoms with Crippen LogP contribution in [0.4, 0.5) is 0 Å². The van der Waals surface area contributed by atoms with Crippen LogP contribution in [0.15, 0.2) is 0 Å². The Morgan fingerprint density at radius 3 is 2.20 bits per heavy atom. The molecule has 1 N–H and O–H groups in total. The number of aliphatic hydroxyl groups excluding tert-OH is 1. The van der Waals surface area contributed by atoms with E-state index in [4.69, 9.17) is 11.7 Å². The van der Waals surface area contributed by atoms with Gasteiger partial charge < -0.3 is 9.95 Å². The quantitative estimate of drug-likeness (QED) is 0.548. The first kappa shape index (κ1) is 7.56. The lowest BCUT2D eigenvalue weighted by Gasteiger charge is -2.23. The van der Waals surface area contributed by atoms with Crippen molar-refractivity contribution in [3.63, 3.8) is 0 Å². The fourth-order valence-corrected chi connectivity index (χ4v) is 1.52.